The Morgan fingerprint density at radius 1 is 1.47 bits per heavy atom. The van der Waals surface area contributed by atoms with E-state index in [1.54, 1.807) is 11.9 Å². The van der Waals surface area contributed by atoms with Gasteiger partial charge in [0.25, 0.3) is 0 Å². The first-order chi connectivity index (χ1) is 6.95. The minimum Gasteiger partial charge on any atom is -0.358 e. The minimum absolute atomic E-state index is 0.269. The van der Waals surface area contributed by atoms with Gasteiger partial charge in [-0.1, -0.05) is 0 Å². The number of hydrogen-bond acceptors (Lipinski definition) is 2. The van der Waals surface area contributed by atoms with Crippen molar-refractivity contribution in [2.45, 2.75) is 6.18 Å². The Hall–Kier alpha value is -0.970. The molecular weight excluding hydrogens is 229 g/mol. The number of hydrogen-bond donors (Lipinski definition) is 0. The van der Waals surface area contributed by atoms with Gasteiger partial charge < -0.3 is 4.90 Å². The molecule has 0 unspecified atom stereocenters. The Balaban J connectivity index is 2.92. The second kappa shape index (κ2) is 4.70. The molecule has 0 aromatic carbocycles. The summed E-state index contributed by atoms with van der Waals surface area (Å²) in [6.45, 7) is 0.454. The highest BCUT2D eigenvalue weighted by molar-refractivity contribution is 6.18. The summed E-state index contributed by atoms with van der Waals surface area (Å²) in [7, 11) is 1.64. The second-order valence-corrected chi connectivity index (χ2v) is 3.39. The Labute approximate surface area is 90.7 Å². The van der Waals surface area contributed by atoms with E-state index in [1.165, 1.54) is 0 Å². The van der Waals surface area contributed by atoms with Crippen LogP contribution in [0.1, 0.15) is 5.56 Å². The molecule has 0 amide bonds. The maximum atomic E-state index is 12.3. The van der Waals surface area contributed by atoms with Gasteiger partial charge in [0.1, 0.15) is 5.82 Å². The summed E-state index contributed by atoms with van der Waals surface area (Å²) < 4.78 is 37.0. The van der Waals surface area contributed by atoms with Crippen molar-refractivity contribution in [1.82, 2.24) is 4.98 Å². The van der Waals surface area contributed by atoms with Crippen LogP contribution in [0.5, 0.6) is 0 Å². The highest BCUT2D eigenvalue weighted by atomic mass is 35.5. The predicted molar refractivity (Wildman–Crippen MR) is 53.2 cm³/mol. The molecule has 0 spiro atoms. The van der Waals surface area contributed by atoms with Gasteiger partial charge in [-0.15, -0.1) is 11.6 Å². The summed E-state index contributed by atoms with van der Waals surface area (Å²) in [4.78, 5) is 5.41. The fourth-order valence-corrected chi connectivity index (χ4v) is 1.30. The smallest absolute Gasteiger partial charge is 0.358 e. The van der Waals surface area contributed by atoms with E-state index in [1.807, 2.05) is 0 Å². The van der Waals surface area contributed by atoms with E-state index in [-0.39, 0.29) is 5.82 Å². The standard InChI is InChI=1S/C9H10ClF3N2/c1-15(5-3-10)8-6-7(2-4-14-8)9(11,12)13/h2,4,6H,3,5H2,1H3. The molecule has 2 nitrogen and oxygen atoms in total. The van der Waals surface area contributed by atoms with Crippen molar-refractivity contribution in [2.24, 2.45) is 0 Å². The van der Waals surface area contributed by atoms with E-state index in [2.05, 4.69) is 4.98 Å². The molecule has 6 heteroatoms. The van der Waals surface area contributed by atoms with Gasteiger partial charge in [0.2, 0.25) is 0 Å². The number of anilines is 1. The van der Waals surface area contributed by atoms with Crippen LogP contribution in [0.25, 0.3) is 0 Å². The Kier molecular flexibility index (Phi) is 3.79. The molecule has 15 heavy (non-hydrogen) atoms. The highest BCUT2D eigenvalue weighted by Crippen LogP contribution is 2.30. The molecule has 1 rings (SSSR count). The first-order valence-electron chi connectivity index (χ1n) is 4.25. The highest BCUT2D eigenvalue weighted by Gasteiger charge is 2.30. The van der Waals surface area contributed by atoms with Crippen molar-refractivity contribution in [1.29, 1.82) is 0 Å². The molecule has 1 aromatic heterocycles. The number of aromatic nitrogens is 1. The van der Waals surface area contributed by atoms with Crippen LogP contribution in [0.4, 0.5) is 19.0 Å². The van der Waals surface area contributed by atoms with Crippen LogP contribution < -0.4 is 4.90 Å². The second-order valence-electron chi connectivity index (χ2n) is 3.01. The Morgan fingerprint density at radius 3 is 2.67 bits per heavy atom. The molecule has 0 aliphatic rings. The molecule has 0 atom stereocenters. The molecule has 0 saturated heterocycles. The summed E-state index contributed by atoms with van der Waals surface area (Å²) in [5.41, 5.74) is -0.700. The van der Waals surface area contributed by atoms with Crippen molar-refractivity contribution in [3.8, 4) is 0 Å². The molecule has 84 valence electrons. The molecule has 0 N–H and O–H groups in total. The van der Waals surface area contributed by atoms with E-state index in [4.69, 9.17) is 11.6 Å². The van der Waals surface area contributed by atoms with E-state index in [0.717, 1.165) is 18.3 Å². The van der Waals surface area contributed by atoms with Gasteiger partial charge in [-0.2, -0.15) is 13.2 Å². The molecule has 0 aliphatic heterocycles. The van der Waals surface area contributed by atoms with Crippen LogP contribution in [0.2, 0.25) is 0 Å². The van der Waals surface area contributed by atoms with E-state index in [0.29, 0.717) is 12.4 Å². The molecule has 0 radical (unpaired) electrons. The number of nitrogens with zero attached hydrogens (tertiary/aromatic N) is 2. The third kappa shape index (κ3) is 3.27. The fourth-order valence-electron chi connectivity index (χ4n) is 1.04. The zero-order valence-electron chi connectivity index (χ0n) is 8.05. The van der Waals surface area contributed by atoms with Gasteiger partial charge >= 0.3 is 6.18 Å². The molecule has 1 heterocycles. The van der Waals surface area contributed by atoms with Crippen LogP contribution in [0.3, 0.4) is 0 Å². The lowest BCUT2D eigenvalue weighted by Crippen LogP contribution is -2.21. The summed E-state index contributed by atoms with van der Waals surface area (Å²) in [6.07, 6.45) is -3.19. The number of rotatable bonds is 3. The molecule has 1 aromatic rings. The van der Waals surface area contributed by atoms with Crippen LogP contribution in [0.15, 0.2) is 18.3 Å². The summed E-state index contributed by atoms with van der Waals surface area (Å²) in [6, 6.07) is 1.95. The molecule has 0 aliphatic carbocycles. The van der Waals surface area contributed by atoms with E-state index < -0.39 is 11.7 Å². The number of halogens is 4. The maximum absolute atomic E-state index is 12.3. The first kappa shape index (κ1) is 12.1. The largest absolute Gasteiger partial charge is 0.416 e. The lowest BCUT2D eigenvalue weighted by Gasteiger charge is -2.17. The van der Waals surface area contributed by atoms with E-state index >= 15 is 0 Å². The maximum Gasteiger partial charge on any atom is 0.416 e. The average Bonchev–Trinajstić information content (AvgIpc) is 2.17. The number of pyridine rings is 1. The predicted octanol–water partition coefficient (Wildman–Crippen LogP) is 2.78. The van der Waals surface area contributed by atoms with Crippen molar-refractivity contribution in [2.75, 3.05) is 24.4 Å². The quantitative estimate of drug-likeness (QED) is 0.753. The summed E-state index contributed by atoms with van der Waals surface area (Å²) >= 11 is 5.48. The van der Waals surface area contributed by atoms with Crippen LogP contribution in [-0.4, -0.2) is 24.5 Å². The van der Waals surface area contributed by atoms with Gasteiger partial charge in [-0.3, -0.25) is 0 Å². The zero-order chi connectivity index (χ0) is 11.5. The SMILES string of the molecule is CN(CCCl)c1cc(C(F)(F)F)ccn1. The van der Waals surface area contributed by atoms with Gasteiger partial charge in [-0.25, -0.2) is 4.98 Å². The molecular formula is C9H10ClF3N2. The topological polar surface area (TPSA) is 16.1 Å². The van der Waals surface area contributed by atoms with Crippen molar-refractivity contribution < 1.29 is 13.2 Å². The molecule has 0 fully saturated rings. The van der Waals surface area contributed by atoms with Gasteiger partial charge in [0, 0.05) is 25.7 Å². The summed E-state index contributed by atoms with van der Waals surface area (Å²) in [5, 5.41) is 0. The number of alkyl halides is 4. The Morgan fingerprint density at radius 2 is 2.13 bits per heavy atom. The lowest BCUT2D eigenvalue weighted by molar-refractivity contribution is -0.137. The van der Waals surface area contributed by atoms with Gasteiger partial charge in [-0.05, 0) is 12.1 Å². The molecule has 0 bridgehead atoms. The average molecular weight is 239 g/mol. The van der Waals surface area contributed by atoms with Gasteiger partial charge in [0.05, 0.1) is 5.56 Å². The lowest BCUT2D eigenvalue weighted by atomic mass is 10.2. The third-order valence-electron chi connectivity index (χ3n) is 1.88. The van der Waals surface area contributed by atoms with Crippen molar-refractivity contribution in [3.63, 3.8) is 0 Å². The normalized spacial score (nSPS) is 11.5. The fraction of sp³-hybridized carbons (Fsp3) is 0.444. The van der Waals surface area contributed by atoms with Crippen LogP contribution in [-0.2, 0) is 6.18 Å². The monoisotopic (exact) mass is 238 g/mol. The first-order valence-corrected chi connectivity index (χ1v) is 4.79. The van der Waals surface area contributed by atoms with Crippen LogP contribution in [0, 0.1) is 0 Å². The Bertz CT molecular complexity index is 327. The minimum atomic E-state index is -4.33. The van der Waals surface area contributed by atoms with Gasteiger partial charge in [0.15, 0.2) is 0 Å². The van der Waals surface area contributed by atoms with Crippen molar-refractivity contribution in [3.05, 3.63) is 23.9 Å². The summed E-state index contributed by atoms with van der Waals surface area (Å²) in [5.74, 6) is 0.611. The van der Waals surface area contributed by atoms with Crippen LogP contribution >= 0.6 is 11.6 Å². The zero-order valence-corrected chi connectivity index (χ0v) is 8.81. The van der Waals surface area contributed by atoms with Crippen molar-refractivity contribution >= 4 is 17.4 Å². The molecule has 0 saturated carbocycles. The van der Waals surface area contributed by atoms with E-state index in [9.17, 15) is 13.2 Å². The third-order valence-corrected chi connectivity index (χ3v) is 2.05.